The van der Waals surface area contributed by atoms with Crippen LogP contribution in [0.4, 0.5) is 0 Å². The number of hydrogen-bond donors (Lipinski definition) is 2. The topological polar surface area (TPSA) is 60.8 Å². The maximum Gasteiger partial charge on any atom is 0.219 e. The van der Waals surface area contributed by atoms with Gasteiger partial charge < -0.3 is 15.1 Å². The summed E-state index contributed by atoms with van der Waals surface area (Å²) in [6.45, 7) is 2.85. The Morgan fingerprint density at radius 1 is 1.17 bits per heavy atom. The van der Waals surface area contributed by atoms with Gasteiger partial charge in [-0.1, -0.05) is 0 Å². The minimum Gasteiger partial charge on any atom is -0.396 e. The van der Waals surface area contributed by atoms with E-state index < -0.39 is 0 Å². The first-order chi connectivity index (χ1) is 5.72. The standard InChI is InChI=1S/C8H17NO3/c1-8(12)9(4-2-6-10)5-3-7-11/h10-11H,2-7H2,1H3. The van der Waals surface area contributed by atoms with Crippen LogP contribution in [0.15, 0.2) is 0 Å². The molecule has 0 spiro atoms. The summed E-state index contributed by atoms with van der Waals surface area (Å²) >= 11 is 0. The summed E-state index contributed by atoms with van der Waals surface area (Å²) in [7, 11) is 0. The molecule has 12 heavy (non-hydrogen) atoms. The number of nitrogens with zero attached hydrogens (tertiary/aromatic N) is 1. The van der Waals surface area contributed by atoms with Gasteiger partial charge in [-0.05, 0) is 12.8 Å². The summed E-state index contributed by atoms with van der Waals surface area (Å²) in [5.74, 6) is -0.00287. The van der Waals surface area contributed by atoms with E-state index in [0.29, 0.717) is 25.9 Å². The zero-order chi connectivity index (χ0) is 9.40. The molecule has 0 unspecified atom stereocenters. The maximum atomic E-state index is 10.9. The minimum absolute atomic E-state index is 0.00287. The van der Waals surface area contributed by atoms with Gasteiger partial charge in [-0.2, -0.15) is 0 Å². The van der Waals surface area contributed by atoms with Gasteiger partial charge in [-0.25, -0.2) is 0 Å². The third-order valence-corrected chi connectivity index (χ3v) is 1.62. The van der Waals surface area contributed by atoms with Crippen LogP contribution in [0, 0.1) is 0 Å². The molecule has 0 bridgehead atoms. The summed E-state index contributed by atoms with van der Waals surface area (Å²) in [5, 5.41) is 17.1. The van der Waals surface area contributed by atoms with Crippen molar-refractivity contribution >= 4 is 5.91 Å². The van der Waals surface area contributed by atoms with Crippen molar-refractivity contribution in [2.75, 3.05) is 26.3 Å². The van der Waals surface area contributed by atoms with Crippen LogP contribution in [0.5, 0.6) is 0 Å². The maximum absolute atomic E-state index is 10.9. The molecule has 0 aromatic rings. The van der Waals surface area contributed by atoms with Gasteiger partial charge in [0, 0.05) is 33.2 Å². The molecular weight excluding hydrogens is 158 g/mol. The Bertz CT molecular complexity index is 119. The fourth-order valence-electron chi connectivity index (χ4n) is 0.950. The van der Waals surface area contributed by atoms with Crippen LogP contribution in [0.2, 0.25) is 0 Å². The molecule has 0 radical (unpaired) electrons. The first kappa shape index (κ1) is 11.4. The van der Waals surface area contributed by atoms with Crippen LogP contribution in [-0.2, 0) is 4.79 Å². The molecule has 0 aliphatic carbocycles. The third-order valence-electron chi connectivity index (χ3n) is 1.62. The van der Waals surface area contributed by atoms with Gasteiger partial charge in [-0.15, -0.1) is 0 Å². The van der Waals surface area contributed by atoms with Crippen molar-refractivity contribution in [1.29, 1.82) is 0 Å². The number of aliphatic hydroxyl groups is 2. The Balaban J connectivity index is 3.62. The van der Waals surface area contributed by atoms with Crippen molar-refractivity contribution in [3.8, 4) is 0 Å². The predicted molar refractivity (Wildman–Crippen MR) is 45.7 cm³/mol. The summed E-state index contributed by atoms with van der Waals surface area (Å²) < 4.78 is 0. The van der Waals surface area contributed by atoms with E-state index >= 15 is 0 Å². The fourth-order valence-corrected chi connectivity index (χ4v) is 0.950. The van der Waals surface area contributed by atoms with Gasteiger partial charge in [0.2, 0.25) is 5.91 Å². The molecule has 0 atom stereocenters. The summed E-state index contributed by atoms with van der Waals surface area (Å²) in [6.07, 6.45) is 1.20. The largest absolute Gasteiger partial charge is 0.396 e. The second-order valence-corrected chi connectivity index (χ2v) is 2.66. The van der Waals surface area contributed by atoms with Crippen LogP contribution in [0.1, 0.15) is 19.8 Å². The van der Waals surface area contributed by atoms with Crippen molar-refractivity contribution in [3.63, 3.8) is 0 Å². The lowest BCUT2D eigenvalue weighted by Crippen LogP contribution is -2.31. The Morgan fingerprint density at radius 2 is 1.58 bits per heavy atom. The van der Waals surface area contributed by atoms with E-state index in [1.54, 1.807) is 4.90 Å². The van der Waals surface area contributed by atoms with E-state index in [1.165, 1.54) is 6.92 Å². The third kappa shape index (κ3) is 5.09. The Kier molecular flexibility index (Phi) is 6.70. The molecule has 0 saturated carbocycles. The number of aliphatic hydroxyl groups excluding tert-OH is 2. The number of hydrogen-bond acceptors (Lipinski definition) is 3. The summed E-state index contributed by atoms with van der Waals surface area (Å²) in [5.41, 5.74) is 0. The van der Waals surface area contributed by atoms with Crippen LogP contribution in [0.25, 0.3) is 0 Å². The van der Waals surface area contributed by atoms with Crippen LogP contribution >= 0.6 is 0 Å². The molecule has 0 aliphatic heterocycles. The molecule has 0 aromatic carbocycles. The average Bonchev–Trinajstić information content (AvgIpc) is 2.04. The van der Waals surface area contributed by atoms with Crippen LogP contribution in [0.3, 0.4) is 0 Å². The molecule has 0 heterocycles. The summed E-state index contributed by atoms with van der Waals surface area (Å²) in [4.78, 5) is 12.5. The van der Waals surface area contributed by atoms with E-state index in [1.807, 2.05) is 0 Å². The van der Waals surface area contributed by atoms with Crippen molar-refractivity contribution < 1.29 is 15.0 Å². The van der Waals surface area contributed by atoms with E-state index in [-0.39, 0.29) is 19.1 Å². The molecule has 0 rings (SSSR count). The molecule has 0 aliphatic rings. The number of amides is 1. The zero-order valence-electron chi connectivity index (χ0n) is 7.49. The van der Waals surface area contributed by atoms with Crippen molar-refractivity contribution in [2.24, 2.45) is 0 Å². The Hall–Kier alpha value is -0.610. The SMILES string of the molecule is CC(=O)N(CCCO)CCCO. The molecule has 4 nitrogen and oxygen atoms in total. The molecule has 0 aromatic heterocycles. The van der Waals surface area contributed by atoms with Crippen molar-refractivity contribution in [3.05, 3.63) is 0 Å². The number of rotatable bonds is 6. The van der Waals surface area contributed by atoms with Crippen LogP contribution in [-0.4, -0.2) is 47.3 Å². The molecule has 2 N–H and O–H groups in total. The highest BCUT2D eigenvalue weighted by molar-refractivity contribution is 5.73. The van der Waals surface area contributed by atoms with Gasteiger partial charge >= 0.3 is 0 Å². The second-order valence-electron chi connectivity index (χ2n) is 2.66. The second kappa shape index (κ2) is 7.06. The number of carbonyl (C=O) groups is 1. The lowest BCUT2D eigenvalue weighted by molar-refractivity contribution is -0.129. The molecule has 0 saturated heterocycles. The lowest BCUT2D eigenvalue weighted by Gasteiger charge is -2.19. The highest BCUT2D eigenvalue weighted by Gasteiger charge is 2.06. The monoisotopic (exact) mass is 175 g/mol. The van der Waals surface area contributed by atoms with Crippen molar-refractivity contribution in [1.82, 2.24) is 4.90 Å². The molecular formula is C8H17NO3. The molecule has 72 valence electrons. The first-order valence-electron chi connectivity index (χ1n) is 4.19. The smallest absolute Gasteiger partial charge is 0.219 e. The normalized spacial score (nSPS) is 9.92. The summed E-state index contributed by atoms with van der Waals surface area (Å²) in [6, 6.07) is 0. The van der Waals surface area contributed by atoms with Gasteiger partial charge in [0.1, 0.15) is 0 Å². The van der Waals surface area contributed by atoms with Gasteiger partial charge in [0.25, 0.3) is 0 Å². The lowest BCUT2D eigenvalue weighted by atomic mass is 10.3. The molecule has 0 fully saturated rings. The molecule has 1 amide bonds. The molecule has 4 heteroatoms. The van der Waals surface area contributed by atoms with Gasteiger partial charge in [0.15, 0.2) is 0 Å². The Labute approximate surface area is 72.8 Å². The fraction of sp³-hybridized carbons (Fsp3) is 0.875. The number of carbonyl (C=O) groups excluding carboxylic acids is 1. The van der Waals surface area contributed by atoms with Gasteiger partial charge in [0.05, 0.1) is 0 Å². The highest BCUT2D eigenvalue weighted by atomic mass is 16.3. The van der Waals surface area contributed by atoms with E-state index in [2.05, 4.69) is 0 Å². The minimum atomic E-state index is -0.00287. The quantitative estimate of drug-likeness (QED) is 0.577. The highest BCUT2D eigenvalue weighted by Crippen LogP contribution is 1.94. The zero-order valence-corrected chi connectivity index (χ0v) is 7.49. The van der Waals surface area contributed by atoms with E-state index in [9.17, 15) is 4.79 Å². The first-order valence-corrected chi connectivity index (χ1v) is 4.19. The van der Waals surface area contributed by atoms with Gasteiger partial charge in [-0.3, -0.25) is 4.79 Å². The van der Waals surface area contributed by atoms with E-state index in [4.69, 9.17) is 10.2 Å². The van der Waals surface area contributed by atoms with Crippen molar-refractivity contribution in [2.45, 2.75) is 19.8 Å². The van der Waals surface area contributed by atoms with E-state index in [0.717, 1.165) is 0 Å². The Morgan fingerprint density at radius 3 is 1.83 bits per heavy atom. The van der Waals surface area contributed by atoms with Crippen LogP contribution < -0.4 is 0 Å². The average molecular weight is 175 g/mol. The predicted octanol–water partition coefficient (Wildman–Crippen LogP) is -0.400.